The Hall–Kier alpha value is -2.47. The summed E-state index contributed by atoms with van der Waals surface area (Å²) in [5.41, 5.74) is 11.9. The van der Waals surface area contributed by atoms with Crippen LogP contribution in [0.15, 0.2) is 6.33 Å². The molecule has 2 aromatic heterocycles. The molecule has 1 aliphatic heterocycles. The molecule has 15 nitrogen and oxygen atoms in total. The van der Waals surface area contributed by atoms with Crippen molar-refractivity contribution in [3.05, 3.63) is 12.2 Å². The molecular weight excluding hydrogens is 438 g/mol. The number of aryl methyl sites for hydroxylation is 1. The Morgan fingerprint density at radius 3 is 2.58 bits per heavy atom. The maximum absolute atomic E-state index is 11.1. The summed E-state index contributed by atoms with van der Waals surface area (Å²) in [4.78, 5) is 23.5. The molecule has 0 unspecified atom stereocenters. The molecule has 0 spiro atoms. The van der Waals surface area contributed by atoms with Gasteiger partial charge in [-0.2, -0.15) is 0 Å². The van der Waals surface area contributed by atoms with Crippen molar-refractivity contribution in [3.63, 3.8) is 0 Å². The number of fused-ring (bicyclic) bond motifs is 1. The molecule has 2 aromatic rings. The fraction of sp³-hybridized carbons (Fsp3) is 0.600. The molecule has 4 atom stereocenters. The highest BCUT2D eigenvalue weighted by Crippen LogP contribution is 2.34. The summed E-state index contributed by atoms with van der Waals surface area (Å²) in [6, 6.07) is 0. The molecule has 3 rings (SSSR count). The maximum Gasteiger partial charge on any atom is 0.233 e. The number of hydrogen-bond donors (Lipinski definition) is 5. The van der Waals surface area contributed by atoms with Crippen molar-refractivity contribution < 1.29 is 37.3 Å². The van der Waals surface area contributed by atoms with Gasteiger partial charge in [0.25, 0.3) is 0 Å². The van der Waals surface area contributed by atoms with Crippen LogP contribution in [-0.4, -0.2) is 84.6 Å². The van der Waals surface area contributed by atoms with Gasteiger partial charge < -0.3 is 40.8 Å². The first-order valence-corrected chi connectivity index (χ1v) is 10.4. The topological polar surface area (TPSA) is 255 Å². The monoisotopic (exact) mass is 461 g/mol. The van der Waals surface area contributed by atoms with E-state index in [1.165, 1.54) is 6.33 Å². The number of imidazole rings is 1. The fourth-order valence-corrected chi connectivity index (χ4v) is 3.12. The van der Waals surface area contributed by atoms with Gasteiger partial charge in [-0.3, -0.25) is 17.8 Å². The van der Waals surface area contributed by atoms with Gasteiger partial charge >= 0.3 is 0 Å². The summed E-state index contributed by atoms with van der Waals surface area (Å²) in [6.07, 6.45) is -1.29. The fourth-order valence-electron chi connectivity index (χ4n) is 3.12. The number of nitrogen functional groups attached to an aromatic ring is 1. The summed E-state index contributed by atoms with van der Waals surface area (Å²) < 4.78 is 41.6. The highest BCUT2D eigenvalue weighted by molar-refractivity contribution is 7.79. The van der Waals surface area contributed by atoms with Gasteiger partial charge in [-0.15, -0.1) is 0 Å². The van der Waals surface area contributed by atoms with E-state index < -0.39 is 34.9 Å². The number of aliphatic hydroxyl groups excluding tert-OH is 2. The number of carbonyl (C=O) groups excluding carboxylic acids is 1. The van der Waals surface area contributed by atoms with Gasteiger partial charge in [0, 0.05) is 16.9 Å². The minimum Gasteiger partial charge on any atom is -0.759 e. The zero-order chi connectivity index (χ0) is 23.3. The third-order valence-electron chi connectivity index (χ3n) is 4.45. The molecule has 16 heteroatoms. The van der Waals surface area contributed by atoms with Crippen LogP contribution in [0, 0.1) is 6.92 Å². The van der Waals surface area contributed by atoms with E-state index >= 15 is 0 Å². The first kappa shape index (κ1) is 24.8. The van der Waals surface area contributed by atoms with Crippen molar-refractivity contribution >= 4 is 33.3 Å². The Balaban J connectivity index is 0.000000614. The van der Waals surface area contributed by atoms with Crippen LogP contribution in [0.1, 0.15) is 24.9 Å². The number of nitrogens with zero attached hydrogens (tertiary/aromatic N) is 4. The zero-order valence-electron chi connectivity index (χ0n) is 16.4. The van der Waals surface area contributed by atoms with Gasteiger partial charge in [-0.1, -0.05) is 0 Å². The Labute approximate surface area is 177 Å². The number of nitrogens with two attached hydrogens (primary N) is 2. The summed E-state index contributed by atoms with van der Waals surface area (Å²) >= 11 is 0. The van der Waals surface area contributed by atoms with Gasteiger partial charge in [0.15, 0.2) is 23.2 Å². The molecule has 1 fully saturated rings. The van der Waals surface area contributed by atoms with Gasteiger partial charge in [0.2, 0.25) is 5.91 Å². The van der Waals surface area contributed by atoms with Crippen molar-refractivity contribution in [3.8, 4) is 0 Å². The number of hydrogen-bond acceptors (Lipinski definition) is 13. The zero-order valence-corrected chi connectivity index (χ0v) is 17.2. The smallest absolute Gasteiger partial charge is 0.233 e. The van der Waals surface area contributed by atoms with Crippen molar-refractivity contribution in [2.45, 2.75) is 44.3 Å². The molecule has 3 heterocycles. The van der Waals surface area contributed by atoms with Gasteiger partial charge in [0.05, 0.1) is 12.6 Å². The molecule has 1 aliphatic rings. The highest BCUT2D eigenvalue weighted by Gasteiger charge is 2.44. The van der Waals surface area contributed by atoms with Gasteiger partial charge in [-0.25, -0.2) is 15.0 Å². The third kappa shape index (κ3) is 6.50. The first-order chi connectivity index (χ1) is 14.4. The molecule has 7 N–H and O–H groups in total. The van der Waals surface area contributed by atoms with Crippen LogP contribution in [0.3, 0.4) is 0 Å². The molecule has 0 aromatic carbocycles. The Morgan fingerprint density at radius 2 is 1.97 bits per heavy atom. The summed E-state index contributed by atoms with van der Waals surface area (Å²) in [6.45, 7) is 2.08. The van der Waals surface area contributed by atoms with E-state index in [1.54, 1.807) is 11.5 Å². The predicted octanol–water partition coefficient (Wildman–Crippen LogP) is -3.15. The average Bonchev–Trinajstić information content (AvgIpc) is 3.15. The molecule has 174 valence electrons. The normalized spacial score (nSPS) is 23.4. The minimum absolute atomic E-state index is 0.0681. The van der Waals surface area contributed by atoms with Crippen molar-refractivity contribution in [1.82, 2.24) is 24.8 Å². The van der Waals surface area contributed by atoms with Gasteiger partial charge in [-0.05, 0) is 19.8 Å². The lowest BCUT2D eigenvalue weighted by molar-refractivity contribution is -0.119. The molecular formula is C15H23N7O8S-2. The van der Waals surface area contributed by atoms with E-state index in [0.29, 0.717) is 36.4 Å². The number of rotatable bonds is 6. The van der Waals surface area contributed by atoms with Crippen molar-refractivity contribution in [2.75, 3.05) is 18.8 Å². The molecule has 0 bridgehead atoms. The number of aromatic nitrogens is 4. The number of aliphatic hydroxyl groups is 2. The largest absolute Gasteiger partial charge is 0.759 e. The second-order valence-corrected chi connectivity index (χ2v) is 7.43. The standard InChI is InChI=1S/C15H23N7O4.H2O4S/c1-7-21-10-13(17)19-6-20-14(10)22(7)15-12(25)11(24)8(26-15)3-2-4-18-9(23)5-16;1-5(2,3)4/h6,8,11-12,15,24-25H,2-5,16H2,1H3,(H,18,23)(H2,17,19,20);(H2,1,2,3,4)/p-2/t8-,11-,12-,15-;/m1./s1. The van der Waals surface area contributed by atoms with Crippen LogP contribution in [0.4, 0.5) is 5.82 Å². The predicted molar refractivity (Wildman–Crippen MR) is 102 cm³/mol. The van der Waals surface area contributed by atoms with Crippen LogP contribution < -0.4 is 16.8 Å². The van der Waals surface area contributed by atoms with Crippen LogP contribution >= 0.6 is 0 Å². The lowest BCUT2D eigenvalue weighted by atomic mass is 10.1. The second kappa shape index (κ2) is 10.2. The van der Waals surface area contributed by atoms with Gasteiger partial charge in [0.1, 0.15) is 24.4 Å². The van der Waals surface area contributed by atoms with Crippen molar-refractivity contribution in [2.24, 2.45) is 5.73 Å². The third-order valence-corrected chi connectivity index (χ3v) is 4.45. The molecule has 1 amide bonds. The van der Waals surface area contributed by atoms with E-state index in [9.17, 15) is 15.0 Å². The van der Waals surface area contributed by atoms with E-state index in [0.717, 1.165) is 0 Å². The molecule has 1 saturated heterocycles. The lowest BCUT2D eigenvalue weighted by Crippen LogP contribution is -2.33. The number of amides is 1. The first-order valence-electron chi connectivity index (χ1n) is 9.04. The minimum atomic E-state index is -5.17. The van der Waals surface area contributed by atoms with Crippen LogP contribution in [-0.2, 0) is 19.9 Å². The number of ether oxygens (including phenoxy) is 1. The number of carbonyl (C=O) groups is 1. The van der Waals surface area contributed by atoms with Crippen LogP contribution in [0.25, 0.3) is 11.2 Å². The van der Waals surface area contributed by atoms with Crippen molar-refractivity contribution in [1.29, 1.82) is 0 Å². The summed E-state index contributed by atoms with van der Waals surface area (Å²) in [7, 11) is -5.17. The average molecular weight is 461 g/mol. The Kier molecular flexibility index (Phi) is 8.18. The molecule has 0 radical (unpaired) electrons. The summed E-state index contributed by atoms with van der Waals surface area (Å²) in [5.74, 6) is 0.532. The maximum atomic E-state index is 11.1. The number of anilines is 1. The lowest BCUT2D eigenvalue weighted by Gasteiger charge is -2.18. The summed E-state index contributed by atoms with van der Waals surface area (Å²) in [5, 5.41) is 23.4. The molecule has 31 heavy (non-hydrogen) atoms. The molecule has 0 saturated carbocycles. The Bertz CT molecular complexity index is 1010. The van der Waals surface area contributed by atoms with E-state index in [-0.39, 0.29) is 18.3 Å². The molecule has 0 aliphatic carbocycles. The SMILES string of the molecule is Cc1nc2c(N)ncnc2n1[C@@H]1O[C@H](CCCNC(=O)CN)[C@@H](O)[C@H]1O.O=S(=O)([O-])[O-]. The van der Waals surface area contributed by atoms with Crippen LogP contribution in [0.2, 0.25) is 0 Å². The van der Waals surface area contributed by atoms with E-state index in [1.807, 2.05) is 0 Å². The quantitative estimate of drug-likeness (QED) is 0.162. The number of nitrogens with one attached hydrogen (secondary N) is 1. The van der Waals surface area contributed by atoms with E-state index in [4.69, 9.17) is 33.7 Å². The van der Waals surface area contributed by atoms with E-state index in [2.05, 4.69) is 20.3 Å². The highest BCUT2D eigenvalue weighted by atomic mass is 32.3. The van der Waals surface area contributed by atoms with Crippen LogP contribution in [0.5, 0.6) is 0 Å². The second-order valence-electron chi connectivity index (χ2n) is 6.61. The Morgan fingerprint density at radius 1 is 1.32 bits per heavy atom.